The number of carbonyl (C=O) groups excluding carboxylic acids is 1. The average molecular weight is 469 g/mol. The number of allylic oxidation sites excluding steroid dienone is 4. The minimum absolute atomic E-state index is 0.150. The molecule has 0 aliphatic heterocycles. The monoisotopic (exact) mass is 468 g/mol. The van der Waals surface area contributed by atoms with Gasteiger partial charge in [-0.15, -0.1) is 0 Å². The fraction of sp³-hybridized carbons (Fsp3) is 0.806. The Morgan fingerprint density at radius 1 is 1.00 bits per heavy atom. The quantitative estimate of drug-likeness (QED) is 0.400. The molecule has 2 fully saturated rings. The Hall–Kier alpha value is -1.38. The predicted octanol–water partition coefficient (Wildman–Crippen LogP) is 8.14. The summed E-state index contributed by atoms with van der Waals surface area (Å²) in [6.45, 7) is 16.2. The third kappa shape index (κ3) is 3.75. The van der Waals surface area contributed by atoms with Gasteiger partial charge in [-0.2, -0.15) is 0 Å². The summed E-state index contributed by atoms with van der Waals surface area (Å²) >= 11 is 0. The largest absolute Gasteiger partial charge is 0.481 e. The topological polar surface area (TPSA) is 54.4 Å². The van der Waals surface area contributed by atoms with Crippen LogP contribution >= 0.6 is 0 Å². The van der Waals surface area contributed by atoms with Crippen molar-refractivity contribution in [2.45, 2.75) is 119 Å². The molecule has 3 heteroatoms. The summed E-state index contributed by atoms with van der Waals surface area (Å²) in [6, 6.07) is 0. The van der Waals surface area contributed by atoms with Crippen LogP contribution in [-0.2, 0) is 9.59 Å². The van der Waals surface area contributed by atoms with E-state index in [1.165, 1.54) is 18.4 Å². The van der Waals surface area contributed by atoms with Crippen LogP contribution in [0.1, 0.15) is 119 Å². The van der Waals surface area contributed by atoms with E-state index in [1.54, 1.807) is 11.1 Å². The highest BCUT2D eigenvalue weighted by molar-refractivity contribution is 5.85. The van der Waals surface area contributed by atoms with Gasteiger partial charge in [0.2, 0.25) is 0 Å². The number of carboxylic acid groups (broad SMARTS) is 1. The first-order valence-electron chi connectivity index (χ1n) is 13.9. The third-order valence-corrected chi connectivity index (χ3v) is 11.7. The second-order valence-corrected chi connectivity index (χ2v) is 13.7. The number of aliphatic carboxylic acids is 1. The van der Waals surface area contributed by atoms with Crippen LogP contribution < -0.4 is 0 Å². The van der Waals surface area contributed by atoms with Gasteiger partial charge in [-0.25, -0.2) is 0 Å². The van der Waals surface area contributed by atoms with Crippen LogP contribution in [-0.4, -0.2) is 16.9 Å². The molecule has 1 N–H and O–H groups in total. The van der Waals surface area contributed by atoms with E-state index in [1.807, 2.05) is 0 Å². The van der Waals surface area contributed by atoms with Gasteiger partial charge in [-0.3, -0.25) is 9.59 Å². The lowest BCUT2D eigenvalue weighted by Crippen LogP contribution is -2.54. The lowest BCUT2D eigenvalue weighted by atomic mass is 9.43. The summed E-state index contributed by atoms with van der Waals surface area (Å²) < 4.78 is 0. The molecule has 4 rings (SSSR count). The van der Waals surface area contributed by atoms with Crippen molar-refractivity contribution in [2.75, 3.05) is 0 Å². The maximum atomic E-state index is 12.8. The van der Waals surface area contributed by atoms with E-state index in [9.17, 15) is 14.7 Å². The molecule has 2 saturated carbocycles. The van der Waals surface area contributed by atoms with Gasteiger partial charge in [-0.05, 0) is 106 Å². The molecule has 0 saturated heterocycles. The van der Waals surface area contributed by atoms with E-state index >= 15 is 0 Å². The number of fused-ring (bicyclic) bond motifs is 4. The van der Waals surface area contributed by atoms with Crippen molar-refractivity contribution >= 4 is 11.8 Å². The van der Waals surface area contributed by atoms with Crippen molar-refractivity contribution < 1.29 is 14.7 Å². The molecule has 0 heterocycles. The Bertz CT molecular complexity index is 919. The van der Waals surface area contributed by atoms with Gasteiger partial charge < -0.3 is 5.11 Å². The van der Waals surface area contributed by atoms with Crippen LogP contribution in [0.3, 0.4) is 0 Å². The molecule has 4 aliphatic rings. The number of rotatable bonds is 6. The zero-order valence-electron chi connectivity index (χ0n) is 22.9. The molecule has 6 atom stereocenters. The standard InChI is InChI=1S/C31H48O3/c1-20(2)9-8-10-21(19-27(33)34)22-13-17-31(7)24-11-12-25-28(3,4)26(32)15-16-29(25,5)23(24)14-18-30(22,31)6/h9,21-22,25H,8,10-19H2,1-7H3,(H,33,34)/t21-,22+,25?,29+,30+,31-/m0/s1. The first-order valence-corrected chi connectivity index (χ1v) is 13.9. The molecule has 1 unspecified atom stereocenters. The van der Waals surface area contributed by atoms with E-state index < -0.39 is 5.97 Å². The van der Waals surface area contributed by atoms with Crippen molar-refractivity contribution in [3.63, 3.8) is 0 Å². The van der Waals surface area contributed by atoms with Gasteiger partial charge in [0.05, 0.1) is 0 Å². The van der Waals surface area contributed by atoms with Crippen LogP contribution in [0.5, 0.6) is 0 Å². The lowest BCUT2D eigenvalue weighted by Gasteiger charge is -2.61. The second kappa shape index (κ2) is 8.63. The molecule has 190 valence electrons. The minimum Gasteiger partial charge on any atom is -0.481 e. The normalized spacial score (nSPS) is 39.7. The number of carboxylic acids is 1. The Morgan fingerprint density at radius 2 is 1.71 bits per heavy atom. The summed E-state index contributed by atoms with van der Waals surface area (Å²) in [6.07, 6.45) is 13.2. The minimum atomic E-state index is -0.641. The van der Waals surface area contributed by atoms with Gasteiger partial charge in [-0.1, -0.05) is 57.4 Å². The van der Waals surface area contributed by atoms with E-state index in [2.05, 4.69) is 54.5 Å². The van der Waals surface area contributed by atoms with Gasteiger partial charge in [0.25, 0.3) is 0 Å². The zero-order chi connectivity index (χ0) is 25.1. The Labute approximate surface area is 207 Å². The molecule has 0 aromatic heterocycles. The molecule has 4 aliphatic carbocycles. The van der Waals surface area contributed by atoms with Crippen molar-refractivity contribution in [1.82, 2.24) is 0 Å². The molecule has 0 aromatic carbocycles. The molecule has 0 aromatic rings. The van der Waals surface area contributed by atoms with Crippen LogP contribution in [0.15, 0.2) is 22.8 Å². The first-order chi connectivity index (χ1) is 15.8. The summed E-state index contributed by atoms with van der Waals surface area (Å²) in [4.78, 5) is 24.7. The van der Waals surface area contributed by atoms with Crippen molar-refractivity contribution in [2.24, 2.45) is 39.4 Å². The fourth-order valence-corrected chi connectivity index (χ4v) is 9.54. The van der Waals surface area contributed by atoms with E-state index in [-0.39, 0.29) is 27.6 Å². The molecule has 0 amide bonds. The summed E-state index contributed by atoms with van der Waals surface area (Å²) in [5.41, 5.74) is 5.00. The van der Waals surface area contributed by atoms with E-state index in [4.69, 9.17) is 0 Å². The maximum absolute atomic E-state index is 12.8. The SMILES string of the molecule is CC(C)=CCC[C@@H](CC(=O)O)[C@H]1CC[C@@]2(C)C3=C(CC[C@]12C)[C@@]1(C)CCC(=O)C(C)(C)C1CC3. The Morgan fingerprint density at radius 3 is 2.35 bits per heavy atom. The molecule has 0 spiro atoms. The molecule has 34 heavy (non-hydrogen) atoms. The first kappa shape index (κ1) is 25.7. The van der Waals surface area contributed by atoms with Gasteiger partial charge in [0.15, 0.2) is 0 Å². The number of carbonyl (C=O) groups is 2. The molecule has 3 nitrogen and oxygen atoms in total. The summed E-state index contributed by atoms with van der Waals surface area (Å²) in [5.74, 6) is 0.995. The molecular weight excluding hydrogens is 420 g/mol. The van der Waals surface area contributed by atoms with Crippen molar-refractivity contribution in [3.8, 4) is 0 Å². The summed E-state index contributed by atoms with van der Waals surface area (Å²) in [7, 11) is 0. The van der Waals surface area contributed by atoms with Crippen molar-refractivity contribution in [1.29, 1.82) is 0 Å². The maximum Gasteiger partial charge on any atom is 0.303 e. The summed E-state index contributed by atoms with van der Waals surface area (Å²) in [5, 5.41) is 9.77. The lowest BCUT2D eigenvalue weighted by molar-refractivity contribution is -0.141. The number of hydrogen-bond acceptors (Lipinski definition) is 2. The van der Waals surface area contributed by atoms with Crippen LogP contribution in [0.2, 0.25) is 0 Å². The number of Topliss-reactive ketones (excluding diaryl/α,β-unsaturated/α-hetero) is 1. The van der Waals surface area contributed by atoms with Gasteiger partial charge >= 0.3 is 5.97 Å². The van der Waals surface area contributed by atoms with Crippen LogP contribution in [0.4, 0.5) is 0 Å². The molecular formula is C31H48O3. The Kier molecular flexibility index (Phi) is 6.52. The number of hydrogen-bond donors (Lipinski definition) is 1. The molecule has 0 radical (unpaired) electrons. The second-order valence-electron chi connectivity index (χ2n) is 13.7. The van der Waals surface area contributed by atoms with Gasteiger partial charge in [0, 0.05) is 18.3 Å². The van der Waals surface area contributed by atoms with Gasteiger partial charge in [0.1, 0.15) is 5.78 Å². The van der Waals surface area contributed by atoms with Crippen molar-refractivity contribution in [3.05, 3.63) is 22.8 Å². The average Bonchev–Trinajstić information content (AvgIpc) is 3.01. The van der Waals surface area contributed by atoms with Crippen LogP contribution in [0.25, 0.3) is 0 Å². The fourth-order valence-electron chi connectivity index (χ4n) is 9.54. The predicted molar refractivity (Wildman–Crippen MR) is 138 cm³/mol. The van der Waals surface area contributed by atoms with E-state index in [0.29, 0.717) is 24.0 Å². The van der Waals surface area contributed by atoms with Crippen LogP contribution in [0, 0.1) is 39.4 Å². The number of ketones is 1. The highest BCUT2D eigenvalue weighted by Gasteiger charge is 2.63. The Balaban J connectivity index is 1.69. The smallest absolute Gasteiger partial charge is 0.303 e. The highest BCUT2D eigenvalue weighted by atomic mass is 16.4. The van der Waals surface area contributed by atoms with E-state index in [0.717, 1.165) is 51.4 Å². The highest BCUT2D eigenvalue weighted by Crippen LogP contribution is 2.72. The molecule has 0 bridgehead atoms. The zero-order valence-corrected chi connectivity index (χ0v) is 22.9. The third-order valence-electron chi connectivity index (χ3n) is 11.7.